The van der Waals surface area contributed by atoms with Crippen molar-refractivity contribution in [3.8, 4) is 0 Å². The first-order chi connectivity index (χ1) is 28.9. The van der Waals surface area contributed by atoms with Gasteiger partial charge in [0, 0.05) is 39.7 Å². The van der Waals surface area contributed by atoms with Gasteiger partial charge in [0.1, 0.15) is 17.7 Å². The summed E-state index contributed by atoms with van der Waals surface area (Å²) < 4.78 is 17.3. The maximum absolute atomic E-state index is 14.4. The number of ether oxygens (including phenoxy) is 3. The number of carbonyl (C=O) groups excluding carboxylic acids is 5. The maximum atomic E-state index is 14.4. The number of thiazole rings is 1. The molecule has 1 aliphatic rings. The number of rotatable bonds is 24. The molecule has 1 aromatic carbocycles. The van der Waals surface area contributed by atoms with Gasteiger partial charge in [-0.15, -0.1) is 11.3 Å². The van der Waals surface area contributed by atoms with Gasteiger partial charge in [0.05, 0.1) is 48.7 Å². The zero-order valence-electron chi connectivity index (χ0n) is 38.5. The summed E-state index contributed by atoms with van der Waals surface area (Å²) in [4.78, 5) is 78.8. The molecular formula is C45H73N7O8S. The van der Waals surface area contributed by atoms with Crippen molar-refractivity contribution in [3.63, 3.8) is 0 Å². The average molecular weight is 872 g/mol. The first-order valence-electron chi connectivity index (χ1n) is 21.7. The second-order valence-corrected chi connectivity index (χ2v) is 18.1. The number of hydrogen-bond acceptors (Lipinski definition) is 12. The first-order valence-corrected chi connectivity index (χ1v) is 22.5. The van der Waals surface area contributed by atoms with E-state index in [2.05, 4.69) is 15.6 Å². The van der Waals surface area contributed by atoms with Crippen LogP contribution >= 0.6 is 11.3 Å². The number of aromatic nitrogens is 1. The molecule has 2 heterocycles. The Balaban J connectivity index is 1.82. The van der Waals surface area contributed by atoms with Gasteiger partial charge in [-0.2, -0.15) is 0 Å². The number of benzene rings is 1. The standard InChI is InChI=1S/C45H73N7O8S/c1-13-29(6)39(51(10)44(56)37(27(2)3)49-42(55)38(28(4)5)50(8)9)35(58-11)25-36(53)52-22-17-20-34(52)40(59-12)30(7)41(54)47-32(24-31-18-15-14-16-19-31)43-48-33(26-61-43)45(57)60-23-21-46/h14-16,18-19,26-30,32,34-35,37-40H,13,17,20-25,46H2,1-12H3,(H,47,54)(H,49,55)/t29-,30+,32-,34-,35+,37-,38?,39-,40+/m0/s1. The second kappa shape index (κ2) is 24.6. The Morgan fingerprint density at radius 1 is 0.951 bits per heavy atom. The number of carbonyl (C=O) groups is 5. The topological polar surface area (TPSA) is 186 Å². The molecule has 1 saturated heterocycles. The van der Waals surface area contributed by atoms with Crippen LogP contribution in [-0.2, 0) is 39.8 Å². The molecule has 61 heavy (non-hydrogen) atoms. The maximum Gasteiger partial charge on any atom is 0.357 e. The lowest BCUT2D eigenvalue weighted by Crippen LogP contribution is -2.59. The molecule has 15 nitrogen and oxygen atoms in total. The predicted molar refractivity (Wildman–Crippen MR) is 238 cm³/mol. The number of likely N-dealkylation sites (tertiary alicyclic amines) is 1. The summed E-state index contributed by atoms with van der Waals surface area (Å²) in [6.45, 7) is 14.4. The van der Waals surface area contributed by atoms with Crippen molar-refractivity contribution in [2.45, 2.75) is 123 Å². The quantitative estimate of drug-likeness (QED) is 0.128. The van der Waals surface area contributed by atoms with E-state index in [1.54, 1.807) is 43.4 Å². The summed E-state index contributed by atoms with van der Waals surface area (Å²) in [5.74, 6) is -2.34. The molecule has 1 fully saturated rings. The van der Waals surface area contributed by atoms with Crippen molar-refractivity contribution in [2.24, 2.45) is 29.4 Å². The van der Waals surface area contributed by atoms with Crippen LogP contribution in [0.15, 0.2) is 35.7 Å². The minimum atomic E-state index is -0.778. The molecule has 0 radical (unpaired) electrons. The van der Waals surface area contributed by atoms with Crippen LogP contribution in [0.1, 0.15) is 101 Å². The minimum Gasteiger partial charge on any atom is -0.460 e. The average Bonchev–Trinajstić information content (AvgIpc) is 3.92. The first kappa shape index (κ1) is 51.4. The normalized spacial score (nSPS) is 18.2. The summed E-state index contributed by atoms with van der Waals surface area (Å²) in [5.41, 5.74) is 6.63. The van der Waals surface area contributed by atoms with Crippen LogP contribution in [0.2, 0.25) is 0 Å². The Labute approximate surface area is 367 Å². The van der Waals surface area contributed by atoms with Crippen LogP contribution in [0.5, 0.6) is 0 Å². The number of likely N-dealkylation sites (N-methyl/N-ethyl adjacent to an activating group) is 2. The molecule has 2 aromatic rings. The smallest absolute Gasteiger partial charge is 0.357 e. The number of amides is 4. The van der Waals surface area contributed by atoms with Crippen molar-refractivity contribution in [3.05, 3.63) is 52.0 Å². The number of nitrogens with two attached hydrogens (primary N) is 1. The van der Waals surface area contributed by atoms with Gasteiger partial charge in [0.2, 0.25) is 23.6 Å². The van der Waals surface area contributed by atoms with E-state index in [1.165, 1.54) is 11.3 Å². The van der Waals surface area contributed by atoms with E-state index in [0.717, 1.165) is 18.4 Å². The molecule has 1 aromatic heterocycles. The summed E-state index contributed by atoms with van der Waals surface area (Å²) in [7, 11) is 8.55. The van der Waals surface area contributed by atoms with E-state index in [1.807, 2.05) is 90.9 Å². The summed E-state index contributed by atoms with van der Waals surface area (Å²) in [5, 5.41) is 8.38. The Hall–Kier alpha value is -3.96. The van der Waals surface area contributed by atoms with Gasteiger partial charge in [-0.25, -0.2) is 9.78 Å². The minimum absolute atomic E-state index is 0.00460. The Morgan fingerprint density at radius 2 is 1.62 bits per heavy atom. The third kappa shape index (κ3) is 13.8. The molecule has 9 atom stereocenters. The largest absolute Gasteiger partial charge is 0.460 e. The lowest BCUT2D eigenvalue weighted by molar-refractivity contribution is -0.148. The van der Waals surface area contributed by atoms with Gasteiger partial charge >= 0.3 is 5.97 Å². The molecule has 0 aliphatic carbocycles. The van der Waals surface area contributed by atoms with Gasteiger partial charge in [-0.3, -0.25) is 24.1 Å². The van der Waals surface area contributed by atoms with E-state index in [-0.39, 0.29) is 72.7 Å². The zero-order valence-corrected chi connectivity index (χ0v) is 39.3. The van der Waals surface area contributed by atoms with Crippen LogP contribution in [0.3, 0.4) is 0 Å². The molecule has 0 saturated carbocycles. The number of nitrogens with zero attached hydrogens (tertiary/aromatic N) is 4. The van der Waals surface area contributed by atoms with Crippen LogP contribution in [0.4, 0.5) is 0 Å². The summed E-state index contributed by atoms with van der Waals surface area (Å²) in [6.07, 6.45) is 1.25. The summed E-state index contributed by atoms with van der Waals surface area (Å²) >= 11 is 1.26. The number of methoxy groups -OCH3 is 2. The number of nitrogens with one attached hydrogen (secondary N) is 2. The van der Waals surface area contributed by atoms with Crippen LogP contribution < -0.4 is 16.4 Å². The fraction of sp³-hybridized carbons (Fsp3) is 0.689. The van der Waals surface area contributed by atoms with Crippen molar-refractivity contribution in [2.75, 3.05) is 55.1 Å². The second-order valence-electron chi connectivity index (χ2n) is 17.2. The highest BCUT2D eigenvalue weighted by Crippen LogP contribution is 2.31. The third-order valence-corrected chi connectivity index (χ3v) is 12.9. The van der Waals surface area contributed by atoms with Gasteiger partial charge in [-0.05, 0) is 56.7 Å². The highest BCUT2D eigenvalue weighted by Gasteiger charge is 2.43. The van der Waals surface area contributed by atoms with E-state index in [9.17, 15) is 24.0 Å². The zero-order chi connectivity index (χ0) is 45.6. The lowest BCUT2D eigenvalue weighted by atomic mass is 9.89. The Morgan fingerprint density at radius 3 is 2.18 bits per heavy atom. The fourth-order valence-corrected chi connectivity index (χ4v) is 9.37. The van der Waals surface area contributed by atoms with Crippen molar-refractivity contribution in [1.29, 1.82) is 0 Å². The SMILES string of the molecule is CC[C@H](C)[C@@H]([C@@H](CC(=O)N1CCC[C@H]1[C@H](OC)[C@@H](C)C(=O)N[C@@H](Cc1ccccc1)c1nc(C(=O)OCCN)cs1)OC)N(C)C(=O)[C@@H](NC(=O)C(C(C)C)N(C)C)C(C)C. The van der Waals surface area contributed by atoms with E-state index < -0.39 is 48.3 Å². The third-order valence-electron chi connectivity index (χ3n) is 11.9. The van der Waals surface area contributed by atoms with Crippen molar-refractivity contribution >= 4 is 40.9 Å². The van der Waals surface area contributed by atoms with E-state index in [4.69, 9.17) is 19.9 Å². The molecule has 3 rings (SSSR count). The fourth-order valence-electron chi connectivity index (χ4n) is 8.53. The van der Waals surface area contributed by atoms with Crippen molar-refractivity contribution < 1.29 is 38.2 Å². The Bertz CT molecular complexity index is 1700. The molecule has 342 valence electrons. The highest BCUT2D eigenvalue weighted by molar-refractivity contribution is 7.09. The molecular weight excluding hydrogens is 799 g/mol. The van der Waals surface area contributed by atoms with Crippen LogP contribution in [0, 0.1) is 23.7 Å². The lowest BCUT2D eigenvalue weighted by Gasteiger charge is -2.41. The molecule has 0 spiro atoms. The van der Waals surface area contributed by atoms with Gasteiger partial charge in [-0.1, -0.05) is 85.2 Å². The monoisotopic (exact) mass is 872 g/mol. The summed E-state index contributed by atoms with van der Waals surface area (Å²) in [6, 6.07) is 7.10. The molecule has 16 heteroatoms. The van der Waals surface area contributed by atoms with E-state index >= 15 is 0 Å². The van der Waals surface area contributed by atoms with Gasteiger partial charge < -0.3 is 40.4 Å². The molecule has 4 amide bonds. The number of hydrogen-bond donors (Lipinski definition) is 3. The van der Waals surface area contributed by atoms with Crippen LogP contribution in [0.25, 0.3) is 0 Å². The predicted octanol–water partition coefficient (Wildman–Crippen LogP) is 4.31. The van der Waals surface area contributed by atoms with Crippen LogP contribution in [-0.4, -0.2) is 141 Å². The number of esters is 1. The van der Waals surface area contributed by atoms with Crippen molar-refractivity contribution in [1.82, 2.24) is 30.3 Å². The molecule has 1 unspecified atom stereocenters. The highest BCUT2D eigenvalue weighted by atomic mass is 32.1. The van der Waals surface area contributed by atoms with Gasteiger partial charge in [0.25, 0.3) is 0 Å². The van der Waals surface area contributed by atoms with E-state index in [0.29, 0.717) is 24.4 Å². The Kier molecular flexibility index (Phi) is 20.7. The molecule has 0 bridgehead atoms. The van der Waals surface area contributed by atoms with Gasteiger partial charge in [0.15, 0.2) is 5.69 Å². The molecule has 1 aliphatic heterocycles. The molecule has 4 N–H and O–H groups in total.